The second kappa shape index (κ2) is 7.26. The average Bonchev–Trinajstić information content (AvgIpc) is 3.23. The number of pyridine rings is 2. The summed E-state index contributed by atoms with van der Waals surface area (Å²) < 4.78 is 7.05. The Balaban J connectivity index is 2.08. The van der Waals surface area contributed by atoms with Crippen LogP contribution >= 0.6 is 0 Å². The Bertz CT molecular complexity index is 1130. The number of anilines is 1. The zero-order chi connectivity index (χ0) is 19.8. The van der Waals surface area contributed by atoms with Crippen LogP contribution in [0, 0.1) is 6.92 Å². The molecule has 0 spiro atoms. The highest BCUT2D eigenvalue weighted by molar-refractivity contribution is 6.05. The van der Waals surface area contributed by atoms with Crippen molar-refractivity contribution < 1.29 is 9.53 Å². The fraction of sp³-hybridized carbons (Fsp3) is 0.409. The first-order chi connectivity index (χ1) is 13.6. The number of rotatable bonds is 4. The molecule has 1 fully saturated rings. The van der Waals surface area contributed by atoms with Crippen LogP contribution in [-0.4, -0.2) is 35.2 Å². The van der Waals surface area contributed by atoms with Crippen LogP contribution in [0.3, 0.4) is 0 Å². The number of aromatic nitrogens is 2. The van der Waals surface area contributed by atoms with Gasteiger partial charge >= 0.3 is 5.97 Å². The van der Waals surface area contributed by atoms with Gasteiger partial charge in [-0.3, -0.25) is 9.78 Å². The van der Waals surface area contributed by atoms with E-state index in [0.29, 0.717) is 11.9 Å². The van der Waals surface area contributed by atoms with Gasteiger partial charge < -0.3 is 14.2 Å². The molecule has 0 aliphatic carbocycles. The fourth-order valence-corrected chi connectivity index (χ4v) is 4.24. The van der Waals surface area contributed by atoms with E-state index in [4.69, 9.17) is 4.74 Å². The van der Waals surface area contributed by atoms with Gasteiger partial charge in [-0.15, -0.1) is 0 Å². The zero-order valence-corrected chi connectivity index (χ0v) is 16.6. The Hall–Kier alpha value is -2.89. The van der Waals surface area contributed by atoms with Gasteiger partial charge in [0.15, 0.2) is 0 Å². The maximum Gasteiger partial charge on any atom is 0.343 e. The zero-order valence-electron chi connectivity index (χ0n) is 16.6. The fourth-order valence-electron chi connectivity index (χ4n) is 4.24. The number of benzene rings is 1. The lowest BCUT2D eigenvalue weighted by Gasteiger charge is -2.21. The van der Waals surface area contributed by atoms with Crippen LogP contribution in [0.2, 0.25) is 0 Å². The molecule has 6 nitrogen and oxygen atoms in total. The number of hydrogen-bond acceptors (Lipinski definition) is 5. The third-order valence-corrected chi connectivity index (χ3v) is 5.57. The van der Waals surface area contributed by atoms with Crippen molar-refractivity contribution in [3.63, 3.8) is 0 Å². The van der Waals surface area contributed by atoms with E-state index in [9.17, 15) is 9.59 Å². The molecule has 4 rings (SSSR count). The van der Waals surface area contributed by atoms with Crippen LogP contribution in [0.5, 0.6) is 0 Å². The average molecular weight is 379 g/mol. The SMILES string of the molecule is CCOC(=O)c1cn(CC)c2c(C)c3nccc(N4CCCC4)c3cc2c1=O. The van der Waals surface area contributed by atoms with Gasteiger partial charge in [-0.1, -0.05) is 0 Å². The van der Waals surface area contributed by atoms with Crippen molar-refractivity contribution in [1.29, 1.82) is 0 Å². The van der Waals surface area contributed by atoms with Crippen molar-refractivity contribution in [1.82, 2.24) is 9.55 Å². The molecule has 0 N–H and O–H groups in total. The molecule has 0 unspecified atom stereocenters. The van der Waals surface area contributed by atoms with Crippen molar-refractivity contribution in [2.75, 3.05) is 24.6 Å². The molecule has 1 aromatic carbocycles. The number of esters is 1. The largest absolute Gasteiger partial charge is 0.462 e. The summed E-state index contributed by atoms with van der Waals surface area (Å²) in [6, 6.07) is 3.93. The van der Waals surface area contributed by atoms with Gasteiger partial charge in [0, 0.05) is 48.5 Å². The molecule has 6 heteroatoms. The predicted molar refractivity (Wildman–Crippen MR) is 111 cm³/mol. The highest BCUT2D eigenvalue weighted by atomic mass is 16.5. The molecule has 0 saturated carbocycles. The Morgan fingerprint density at radius 2 is 1.96 bits per heavy atom. The Kier molecular flexibility index (Phi) is 4.79. The van der Waals surface area contributed by atoms with Gasteiger partial charge in [-0.2, -0.15) is 0 Å². The molecule has 2 aromatic heterocycles. The predicted octanol–water partition coefficient (Wildman–Crippen LogP) is 3.65. The molecular weight excluding hydrogens is 354 g/mol. The van der Waals surface area contributed by atoms with E-state index in [-0.39, 0.29) is 17.6 Å². The summed E-state index contributed by atoms with van der Waals surface area (Å²) in [5, 5.41) is 1.51. The lowest BCUT2D eigenvalue weighted by Crippen LogP contribution is -2.22. The minimum absolute atomic E-state index is 0.0848. The second-order valence-corrected chi connectivity index (χ2v) is 7.20. The maximum absolute atomic E-state index is 13.2. The van der Waals surface area contributed by atoms with Crippen molar-refractivity contribution >= 4 is 33.5 Å². The normalized spacial score (nSPS) is 14.2. The van der Waals surface area contributed by atoms with Crippen LogP contribution in [0.25, 0.3) is 21.8 Å². The first-order valence-corrected chi connectivity index (χ1v) is 9.94. The van der Waals surface area contributed by atoms with Gasteiger partial charge in [-0.05, 0) is 51.3 Å². The lowest BCUT2D eigenvalue weighted by molar-refractivity contribution is 0.0524. The summed E-state index contributed by atoms with van der Waals surface area (Å²) in [6.07, 6.45) is 5.81. The van der Waals surface area contributed by atoms with Gasteiger partial charge in [0.2, 0.25) is 5.43 Å². The Morgan fingerprint density at radius 3 is 2.64 bits per heavy atom. The van der Waals surface area contributed by atoms with E-state index in [2.05, 4.69) is 9.88 Å². The van der Waals surface area contributed by atoms with Crippen LogP contribution in [0.4, 0.5) is 5.69 Å². The molecule has 3 aromatic rings. The minimum atomic E-state index is -0.569. The molecule has 28 heavy (non-hydrogen) atoms. The van der Waals surface area contributed by atoms with Crippen molar-refractivity contribution in [3.05, 3.63) is 45.9 Å². The molecule has 0 radical (unpaired) electrons. The third kappa shape index (κ3) is 2.84. The van der Waals surface area contributed by atoms with E-state index in [1.165, 1.54) is 12.8 Å². The van der Waals surface area contributed by atoms with E-state index in [1.807, 2.05) is 36.7 Å². The van der Waals surface area contributed by atoms with Gasteiger partial charge in [-0.25, -0.2) is 4.79 Å². The standard InChI is InChI=1S/C22H25N3O3/c1-4-24-13-17(22(27)28-5-2)21(26)16-12-15-18(25-10-6-7-11-25)8-9-23-19(15)14(3)20(16)24/h8-9,12-13H,4-7,10-11H2,1-3H3. The molecule has 0 atom stereocenters. The van der Waals surface area contributed by atoms with Gasteiger partial charge in [0.1, 0.15) is 5.56 Å². The quantitative estimate of drug-likeness (QED) is 0.511. The summed E-state index contributed by atoms with van der Waals surface area (Å²) in [5.41, 5.74) is 3.61. The Labute approximate surface area is 163 Å². The van der Waals surface area contributed by atoms with Crippen molar-refractivity contribution in [3.8, 4) is 0 Å². The van der Waals surface area contributed by atoms with Crippen LogP contribution in [0.15, 0.2) is 29.3 Å². The molecular formula is C22H25N3O3. The summed E-state index contributed by atoms with van der Waals surface area (Å²) in [4.78, 5) is 32.5. The number of fused-ring (bicyclic) bond motifs is 2. The molecule has 146 valence electrons. The van der Waals surface area contributed by atoms with E-state index in [1.54, 1.807) is 13.1 Å². The molecule has 1 aliphatic heterocycles. The number of ether oxygens (including phenoxy) is 1. The van der Waals surface area contributed by atoms with Gasteiger partial charge in [0.25, 0.3) is 0 Å². The van der Waals surface area contributed by atoms with Crippen molar-refractivity contribution in [2.45, 2.75) is 40.2 Å². The molecule has 0 bridgehead atoms. The van der Waals surface area contributed by atoms with Crippen LogP contribution in [0.1, 0.15) is 42.6 Å². The van der Waals surface area contributed by atoms with E-state index < -0.39 is 5.97 Å². The highest BCUT2D eigenvalue weighted by Crippen LogP contribution is 2.33. The summed E-state index contributed by atoms with van der Waals surface area (Å²) in [6.45, 7) is 8.64. The van der Waals surface area contributed by atoms with Gasteiger partial charge in [0.05, 0.1) is 17.6 Å². The molecule has 1 saturated heterocycles. The minimum Gasteiger partial charge on any atom is -0.462 e. The summed E-state index contributed by atoms with van der Waals surface area (Å²) >= 11 is 0. The topological polar surface area (TPSA) is 64.4 Å². The van der Waals surface area contributed by atoms with Crippen LogP contribution < -0.4 is 10.3 Å². The lowest BCUT2D eigenvalue weighted by atomic mass is 10.0. The Morgan fingerprint density at radius 1 is 1.21 bits per heavy atom. The van der Waals surface area contributed by atoms with E-state index in [0.717, 1.165) is 40.8 Å². The van der Waals surface area contributed by atoms with E-state index >= 15 is 0 Å². The van der Waals surface area contributed by atoms with Crippen molar-refractivity contribution in [2.24, 2.45) is 0 Å². The number of aryl methyl sites for hydroxylation is 2. The maximum atomic E-state index is 13.2. The summed E-state index contributed by atoms with van der Waals surface area (Å²) in [5.74, 6) is -0.569. The molecule has 3 heterocycles. The second-order valence-electron chi connectivity index (χ2n) is 7.20. The number of carbonyl (C=O) groups excluding carboxylic acids is 1. The number of hydrogen-bond donors (Lipinski definition) is 0. The highest BCUT2D eigenvalue weighted by Gasteiger charge is 2.21. The first-order valence-electron chi connectivity index (χ1n) is 9.94. The smallest absolute Gasteiger partial charge is 0.343 e. The summed E-state index contributed by atoms with van der Waals surface area (Å²) in [7, 11) is 0. The third-order valence-electron chi connectivity index (χ3n) is 5.57. The number of carbonyl (C=O) groups is 1. The monoisotopic (exact) mass is 379 g/mol. The first kappa shape index (κ1) is 18.5. The number of nitrogens with zero attached hydrogens (tertiary/aromatic N) is 3. The molecule has 0 amide bonds. The molecule has 1 aliphatic rings. The van der Waals surface area contributed by atoms with Crippen LogP contribution in [-0.2, 0) is 11.3 Å².